The second kappa shape index (κ2) is 4.73. The summed E-state index contributed by atoms with van der Waals surface area (Å²) in [5.74, 6) is 1.17. The third-order valence-electron chi connectivity index (χ3n) is 3.36. The lowest BCUT2D eigenvalue weighted by Crippen LogP contribution is -2.24. The number of nitrogens with two attached hydrogens (primary N) is 1. The minimum atomic E-state index is 0.476. The molecule has 0 saturated carbocycles. The Morgan fingerprint density at radius 3 is 3.07 bits per heavy atom. The van der Waals surface area contributed by atoms with Gasteiger partial charge in [-0.1, -0.05) is 6.07 Å². The summed E-state index contributed by atoms with van der Waals surface area (Å²) in [6.07, 6.45) is 5.03. The fourth-order valence-corrected chi connectivity index (χ4v) is 2.49. The molecular formula is C12H19N3. The Hall–Kier alpha value is -0.930. The average molecular weight is 205 g/mol. The predicted octanol–water partition coefficient (Wildman–Crippen LogP) is 1.08. The zero-order valence-electron chi connectivity index (χ0n) is 9.26. The van der Waals surface area contributed by atoms with Crippen LogP contribution in [-0.2, 0) is 0 Å². The normalized spacial score (nSPS) is 24.3. The highest BCUT2D eigenvalue weighted by Gasteiger charge is 2.27. The van der Waals surface area contributed by atoms with E-state index in [4.69, 9.17) is 5.73 Å². The molecule has 1 aromatic rings. The molecule has 2 heterocycles. The lowest BCUT2D eigenvalue weighted by molar-refractivity contribution is 0.371. The van der Waals surface area contributed by atoms with Gasteiger partial charge in [0.25, 0.3) is 0 Å². The smallest absolute Gasteiger partial charge is 0.0303 e. The summed E-state index contributed by atoms with van der Waals surface area (Å²) in [5.41, 5.74) is 7.18. The van der Waals surface area contributed by atoms with Gasteiger partial charge in [0.05, 0.1) is 0 Å². The first-order valence-electron chi connectivity index (χ1n) is 5.60. The summed E-state index contributed by atoms with van der Waals surface area (Å²) < 4.78 is 0. The first-order chi connectivity index (χ1) is 7.31. The second-order valence-corrected chi connectivity index (χ2v) is 4.44. The van der Waals surface area contributed by atoms with Gasteiger partial charge in [-0.05, 0) is 44.1 Å². The molecule has 2 rings (SSSR count). The van der Waals surface area contributed by atoms with Crippen LogP contribution in [0.1, 0.15) is 17.9 Å². The van der Waals surface area contributed by atoms with E-state index in [2.05, 4.69) is 23.0 Å². The maximum atomic E-state index is 5.88. The summed E-state index contributed by atoms with van der Waals surface area (Å²) in [5, 5.41) is 0. The van der Waals surface area contributed by atoms with Crippen LogP contribution in [0.5, 0.6) is 0 Å². The van der Waals surface area contributed by atoms with Crippen LogP contribution < -0.4 is 5.73 Å². The first-order valence-corrected chi connectivity index (χ1v) is 5.60. The molecule has 2 N–H and O–H groups in total. The second-order valence-electron chi connectivity index (χ2n) is 4.44. The zero-order chi connectivity index (χ0) is 10.7. The molecule has 15 heavy (non-hydrogen) atoms. The SMILES string of the molecule is CN1CCC(C(CN)c2cccnc2)C1. The molecule has 2 unspecified atom stereocenters. The van der Waals surface area contributed by atoms with Crippen molar-refractivity contribution in [3.05, 3.63) is 30.1 Å². The van der Waals surface area contributed by atoms with Crippen LogP contribution in [0.25, 0.3) is 0 Å². The van der Waals surface area contributed by atoms with Crippen molar-refractivity contribution in [3.63, 3.8) is 0 Å². The fraction of sp³-hybridized carbons (Fsp3) is 0.583. The van der Waals surface area contributed by atoms with Gasteiger partial charge in [0.2, 0.25) is 0 Å². The Labute approximate surface area is 91.3 Å². The molecule has 0 spiro atoms. The minimum absolute atomic E-state index is 0.476. The van der Waals surface area contributed by atoms with Crippen LogP contribution in [0.15, 0.2) is 24.5 Å². The lowest BCUT2D eigenvalue weighted by Gasteiger charge is -2.21. The average Bonchev–Trinajstić information content (AvgIpc) is 2.68. The Bertz CT molecular complexity index is 299. The van der Waals surface area contributed by atoms with Crippen molar-refractivity contribution >= 4 is 0 Å². The molecule has 82 valence electrons. The van der Waals surface area contributed by atoms with Crippen molar-refractivity contribution in [1.82, 2.24) is 9.88 Å². The van der Waals surface area contributed by atoms with E-state index in [9.17, 15) is 0 Å². The van der Waals surface area contributed by atoms with Gasteiger partial charge in [-0.25, -0.2) is 0 Å². The largest absolute Gasteiger partial charge is 0.330 e. The van der Waals surface area contributed by atoms with Gasteiger partial charge < -0.3 is 10.6 Å². The summed E-state index contributed by atoms with van der Waals surface area (Å²) in [7, 11) is 2.18. The highest BCUT2D eigenvalue weighted by Crippen LogP contribution is 2.30. The Morgan fingerprint density at radius 2 is 2.53 bits per heavy atom. The van der Waals surface area contributed by atoms with Crippen molar-refractivity contribution in [1.29, 1.82) is 0 Å². The molecule has 0 aliphatic carbocycles. The van der Waals surface area contributed by atoms with Gasteiger partial charge in [-0.15, -0.1) is 0 Å². The van der Waals surface area contributed by atoms with Gasteiger partial charge >= 0.3 is 0 Å². The van der Waals surface area contributed by atoms with Crippen molar-refractivity contribution in [2.45, 2.75) is 12.3 Å². The van der Waals surface area contributed by atoms with Gasteiger partial charge in [0, 0.05) is 24.9 Å². The highest BCUT2D eigenvalue weighted by atomic mass is 15.1. The van der Waals surface area contributed by atoms with Gasteiger partial charge in [-0.3, -0.25) is 4.98 Å². The summed E-state index contributed by atoms with van der Waals surface area (Å²) in [4.78, 5) is 6.55. The Kier molecular flexibility index (Phi) is 3.34. The summed E-state index contributed by atoms with van der Waals surface area (Å²) in [6.45, 7) is 3.09. The number of likely N-dealkylation sites (tertiary alicyclic amines) is 1. The van der Waals surface area contributed by atoms with Crippen molar-refractivity contribution < 1.29 is 0 Å². The molecular weight excluding hydrogens is 186 g/mol. The first kappa shape index (κ1) is 10.6. The van der Waals surface area contributed by atoms with Gasteiger partial charge in [-0.2, -0.15) is 0 Å². The topological polar surface area (TPSA) is 42.1 Å². The highest BCUT2D eigenvalue weighted by molar-refractivity contribution is 5.17. The van der Waals surface area contributed by atoms with E-state index < -0.39 is 0 Å². The maximum Gasteiger partial charge on any atom is 0.0303 e. The molecule has 3 heteroatoms. The molecule has 0 amide bonds. The fourth-order valence-electron chi connectivity index (χ4n) is 2.49. The van der Waals surface area contributed by atoms with Crippen LogP contribution in [0.4, 0.5) is 0 Å². The van der Waals surface area contributed by atoms with E-state index in [1.54, 1.807) is 0 Å². The van der Waals surface area contributed by atoms with E-state index in [1.807, 2.05) is 18.5 Å². The number of pyridine rings is 1. The Morgan fingerprint density at radius 1 is 1.67 bits per heavy atom. The van der Waals surface area contributed by atoms with E-state index in [-0.39, 0.29) is 0 Å². The maximum absolute atomic E-state index is 5.88. The van der Waals surface area contributed by atoms with Crippen LogP contribution in [0.2, 0.25) is 0 Å². The molecule has 1 fully saturated rings. The van der Waals surface area contributed by atoms with Crippen molar-refractivity contribution in [3.8, 4) is 0 Å². The number of rotatable bonds is 3. The number of aromatic nitrogens is 1. The van der Waals surface area contributed by atoms with Gasteiger partial charge in [0.15, 0.2) is 0 Å². The molecule has 0 bridgehead atoms. The van der Waals surface area contributed by atoms with E-state index in [0.717, 1.165) is 13.1 Å². The zero-order valence-corrected chi connectivity index (χ0v) is 9.26. The lowest BCUT2D eigenvalue weighted by atomic mass is 9.86. The molecule has 1 saturated heterocycles. The number of hydrogen-bond acceptors (Lipinski definition) is 3. The van der Waals surface area contributed by atoms with Crippen molar-refractivity contribution in [2.75, 3.05) is 26.7 Å². The van der Waals surface area contributed by atoms with Crippen LogP contribution in [0.3, 0.4) is 0 Å². The molecule has 3 nitrogen and oxygen atoms in total. The Balaban J connectivity index is 2.11. The van der Waals surface area contributed by atoms with Crippen LogP contribution in [0, 0.1) is 5.92 Å². The third-order valence-corrected chi connectivity index (χ3v) is 3.36. The van der Waals surface area contributed by atoms with Gasteiger partial charge in [0.1, 0.15) is 0 Å². The predicted molar refractivity (Wildman–Crippen MR) is 61.6 cm³/mol. The van der Waals surface area contributed by atoms with Crippen molar-refractivity contribution in [2.24, 2.45) is 11.7 Å². The molecule has 2 atom stereocenters. The summed E-state index contributed by atoms with van der Waals surface area (Å²) >= 11 is 0. The quantitative estimate of drug-likeness (QED) is 0.802. The molecule has 0 aromatic carbocycles. The van der Waals surface area contributed by atoms with E-state index in [0.29, 0.717) is 11.8 Å². The molecule has 0 radical (unpaired) electrons. The number of hydrogen-bond donors (Lipinski definition) is 1. The summed E-state index contributed by atoms with van der Waals surface area (Å²) in [6, 6.07) is 4.14. The van der Waals surface area contributed by atoms with Crippen LogP contribution in [-0.4, -0.2) is 36.6 Å². The number of nitrogens with zero attached hydrogens (tertiary/aromatic N) is 2. The molecule has 1 aliphatic heterocycles. The molecule has 1 aromatic heterocycles. The van der Waals surface area contributed by atoms with E-state index in [1.165, 1.54) is 18.5 Å². The van der Waals surface area contributed by atoms with E-state index >= 15 is 0 Å². The van der Waals surface area contributed by atoms with Crippen LogP contribution >= 0.6 is 0 Å². The monoisotopic (exact) mass is 205 g/mol. The standard InChI is InChI=1S/C12H19N3/c1-15-6-4-11(9-15)12(7-13)10-3-2-5-14-8-10/h2-3,5,8,11-12H,4,6-7,9,13H2,1H3. The minimum Gasteiger partial charge on any atom is -0.330 e. The molecule has 1 aliphatic rings. The third kappa shape index (κ3) is 2.36.